The van der Waals surface area contributed by atoms with Gasteiger partial charge in [-0.15, -0.1) is 0 Å². The Hall–Kier alpha value is 0.154. The second-order valence-electron chi connectivity index (χ2n) is 9.09. The first-order chi connectivity index (χ1) is 16.9. The molecule has 0 spiro atoms. The van der Waals surface area contributed by atoms with Crippen LogP contribution >= 0.6 is 0 Å². The molecule has 0 saturated carbocycles. The lowest BCUT2D eigenvalue weighted by molar-refractivity contribution is 0.0479. The molecule has 0 aliphatic rings. The van der Waals surface area contributed by atoms with E-state index in [2.05, 4.69) is 37.5 Å². The highest BCUT2D eigenvalue weighted by Gasteiger charge is 2.53. The van der Waals surface area contributed by atoms with Gasteiger partial charge in [0.05, 0.1) is 0 Å². The van der Waals surface area contributed by atoms with E-state index in [0.29, 0.717) is 26.4 Å². The molecule has 0 N–H and O–H groups in total. The second kappa shape index (κ2) is 22.2. The van der Waals surface area contributed by atoms with E-state index in [0.717, 1.165) is 64.2 Å². The first kappa shape index (κ1) is 35.2. The van der Waals surface area contributed by atoms with Crippen molar-refractivity contribution in [2.75, 3.05) is 65.7 Å². The van der Waals surface area contributed by atoms with Crippen molar-refractivity contribution in [3.8, 4) is 0 Å². The van der Waals surface area contributed by atoms with Gasteiger partial charge in [0.1, 0.15) is 0 Å². The van der Waals surface area contributed by atoms with Crippen molar-refractivity contribution in [2.45, 2.75) is 106 Å². The van der Waals surface area contributed by atoms with Crippen molar-refractivity contribution in [1.29, 1.82) is 0 Å². The Kier molecular flexibility index (Phi) is 22.3. The quantitative estimate of drug-likeness (QED) is 0.125. The highest BCUT2D eigenvalue weighted by molar-refractivity contribution is 6.75. The maximum absolute atomic E-state index is 6.94. The summed E-state index contributed by atoms with van der Waals surface area (Å²) in [5.74, 6) is 0. The van der Waals surface area contributed by atoms with Crippen LogP contribution in [0.3, 0.4) is 0 Å². The predicted octanol–water partition coefficient (Wildman–Crippen LogP) is 6.05. The maximum atomic E-state index is 6.94. The van der Waals surface area contributed by atoms with E-state index in [1.54, 1.807) is 0 Å². The summed E-state index contributed by atoms with van der Waals surface area (Å²) in [5, 5.41) is 0. The van der Waals surface area contributed by atoms with Crippen LogP contribution in [0.2, 0.25) is 12.1 Å². The number of hydrogen-bond acceptors (Lipinski definition) is 7. The third-order valence-electron chi connectivity index (χ3n) is 5.84. The topological polar surface area (TPSA) is 52.6 Å². The minimum absolute atomic E-state index is 0.573. The number of rotatable bonds is 26. The molecule has 0 unspecified atom stereocenters. The maximum Gasteiger partial charge on any atom is 0.493 e. The predicted molar refractivity (Wildman–Crippen MR) is 152 cm³/mol. The largest absolute Gasteiger partial charge is 0.493 e. The minimum atomic E-state index is -2.95. The smallest absolute Gasteiger partial charge is 0.374 e. The van der Waals surface area contributed by atoms with Crippen molar-refractivity contribution in [2.24, 2.45) is 0 Å². The monoisotopic (exact) mass is 536 g/mol. The molecule has 35 heavy (non-hydrogen) atoms. The molecule has 0 saturated heterocycles. The Morgan fingerprint density at radius 1 is 0.429 bits per heavy atom. The van der Waals surface area contributed by atoms with Gasteiger partial charge in [0.25, 0.3) is 0 Å². The molecule has 0 atom stereocenters. The molecule has 0 heterocycles. The van der Waals surface area contributed by atoms with E-state index in [4.69, 9.17) is 21.8 Å². The number of nitrogens with zero attached hydrogens (tertiary/aromatic N) is 2. The van der Waals surface area contributed by atoms with Crippen molar-refractivity contribution in [1.82, 2.24) is 9.80 Å². The molecule has 0 radical (unpaired) electrons. The lowest BCUT2D eigenvalue weighted by Gasteiger charge is -2.38. The minimum Gasteiger partial charge on any atom is -0.374 e. The van der Waals surface area contributed by atoms with Gasteiger partial charge in [-0.1, -0.05) is 27.7 Å². The SMILES string of the molecule is CCCN(CCC)CCC[Si](OCC)(OCC)O[Si](CCCN(CCC)CCC)(OCC)OCC. The molecule has 0 fully saturated rings. The van der Waals surface area contributed by atoms with E-state index in [-0.39, 0.29) is 0 Å². The fourth-order valence-corrected chi connectivity index (χ4v) is 12.0. The van der Waals surface area contributed by atoms with Gasteiger partial charge in [0.15, 0.2) is 0 Å². The fraction of sp³-hybridized carbons (Fsp3) is 1.00. The van der Waals surface area contributed by atoms with Crippen LogP contribution in [0, 0.1) is 0 Å². The van der Waals surface area contributed by atoms with Gasteiger partial charge in [-0.3, -0.25) is 0 Å². The van der Waals surface area contributed by atoms with Gasteiger partial charge in [-0.05, 0) is 105 Å². The first-order valence-electron chi connectivity index (χ1n) is 14.6. The zero-order valence-corrected chi connectivity index (χ0v) is 26.7. The van der Waals surface area contributed by atoms with E-state index < -0.39 is 17.6 Å². The van der Waals surface area contributed by atoms with E-state index in [1.165, 1.54) is 25.7 Å². The lowest BCUT2D eigenvalue weighted by atomic mass is 10.3. The fourth-order valence-electron chi connectivity index (χ4n) is 4.68. The Bertz CT molecular complexity index is 413. The van der Waals surface area contributed by atoms with Gasteiger partial charge in [0, 0.05) is 38.5 Å². The molecule has 0 aromatic heterocycles. The third-order valence-corrected chi connectivity index (χ3v) is 13.2. The van der Waals surface area contributed by atoms with Crippen molar-refractivity contribution >= 4 is 17.6 Å². The highest BCUT2D eigenvalue weighted by atomic mass is 28.5. The van der Waals surface area contributed by atoms with Crippen molar-refractivity contribution in [3.63, 3.8) is 0 Å². The highest BCUT2D eigenvalue weighted by Crippen LogP contribution is 2.28. The van der Waals surface area contributed by atoms with Gasteiger partial charge in [-0.2, -0.15) is 0 Å². The molecule has 9 heteroatoms. The molecule has 0 amide bonds. The molecule has 0 rings (SSSR count). The summed E-state index contributed by atoms with van der Waals surface area (Å²) in [6.07, 6.45) is 6.69. The van der Waals surface area contributed by atoms with Crippen LogP contribution < -0.4 is 0 Å². The van der Waals surface area contributed by atoms with Crippen molar-refractivity contribution in [3.05, 3.63) is 0 Å². The molecular weight excluding hydrogens is 476 g/mol. The lowest BCUT2D eigenvalue weighted by Crippen LogP contribution is -2.59. The normalized spacial score (nSPS) is 12.9. The molecule has 212 valence electrons. The van der Waals surface area contributed by atoms with Crippen LogP contribution in [0.1, 0.15) is 93.9 Å². The molecular formula is C26H60N2O5Si2. The summed E-state index contributed by atoms with van der Waals surface area (Å²) < 4.78 is 32.4. The Morgan fingerprint density at radius 2 is 0.714 bits per heavy atom. The van der Waals surface area contributed by atoms with E-state index in [1.807, 2.05) is 27.7 Å². The average Bonchev–Trinajstić information content (AvgIpc) is 2.80. The van der Waals surface area contributed by atoms with Crippen LogP contribution in [0.4, 0.5) is 0 Å². The van der Waals surface area contributed by atoms with Gasteiger partial charge < -0.3 is 31.6 Å². The standard InChI is InChI=1S/C26H60N2O5Si2/c1-9-19-27(20-10-2)23-17-25-34(29-13-5,30-14-6)33-35(31-15-7,32-16-8)26-18-24-28(21-11-3)22-12-4/h9-26H2,1-8H3. The second-order valence-corrected chi connectivity index (χ2v) is 14.8. The Balaban J connectivity index is 5.61. The Morgan fingerprint density at radius 3 is 0.943 bits per heavy atom. The Labute approximate surface area is 220 Å². The first-order valence-corrected chi connectivity index (χ1v) is 18.5. The zero-order chi connectivity index (χ0) is 26.4. The van der Waals surface area contributed by atoms with E-state index in [9.17, 15) is 0 Å². The van der Waals surface area contributed by atoms with Crippen LogP contribution in [-0.2, 0) is 21.8 Å². The molecule has 0 aliphatic heterocycles. The zero-order valence-electron chi connectivity index (χ0n) is 24.7. The van der Waals surface area contributed by atoms with Gasteiger partial charge in [0.2, 0.25) is 0 Å². The molecule has 0 aliphatic carbocycles. The van der Waals surface area contributed by atoms with Crippen molar-refractivity contribution < 1.29 is 21.8 Å². The summed E-state index contributed by atoms with van der Waals surface area (Å²) in [4.78, 5) is 5.09. The van der Waals surface area contributed by atoms with Crippen LogP contribution in [0.5, 0.6) is 0 Å². The summed E-state index contributed by atoms with van der Waals surface area (Å²) in [6.45, 7) is 26.0. The van der Waals surface area contributed by atoms with E-state index >= 15 is 0 Å². The van der Waals surface area contributed by atoms with Gasteiger partial charge in [-0.25, -0.2) is 0 Å². The molecule has 0 aromatic carbocycles. The number of hydrogen-bond donors (Lipinski definition) is 0. The van der Waals surface area contributed by atoms with Crippen LogP contribution in [-0.4, -0.2) is 93.1 Å². The van der Waals surface area contributed by atoms with Crippen LogP contribution in [0.15, 0.2) is 0 Å². The summed E-state index contributed by atoms with van der Waals surface area (Å²) in [5.41, 5.74) is 0. The third kappa shape index (κ3) is 15.2. The average molecular weight is 537 g/mol. The molecule has 0 bridgehead atoms. The summed E-state index contributed by atoms with van der Waals surface area (Å²) >= 11 is 0. The molecule has 0 aromatic rings. The summed E-state index contributed by atoms with van der Waals surface area (Å²) in [7, 11) is -5.91. The van der Waals surface area contributed by atoms with Crippen LogP contribution in [0.25, 0.3) is 0 Å². The summed E-state index contributed by atoms with van der Waals surface area (Å²) in [6, 6.07) is 1.59. The van der Waals surface area contributed by atoms with Gasteiger partial charge >= 0.3 is 17.6 Å². The molecule has 7 nitrogen and oxygen atoms in total.